The van der Waals surface area contributed by atoms with Crippen LogP contribution in [0.5, 0.6) is 11.5 Å². The molecule has 0 amide bonds. The Hall–Kier alpha value is -1.36. The quantitative estimate of drug-likeness (QED) is 0.917. The lowest BCUT2D eigenvalue weighted by Gasteiger charge is -2.17. The largest absolute Gasteiger partial charge is 0.480 e. The summed E-state index contributed by atoms with van der Waals surface area (Å²) in [4.78, 5) is 11.5. The molecule has 1 N–H and O–H groups in total. The molecule has 1 heterocycles. The minimum atomic E-state index is -0.782. The first-order valence-corrected chi connectivity index (χ1v) is 7.46. The van der Waals surface area contributed by atoms with Crippen LogP contribution in [-0.2, 0) is 4.79 Å². The van der Waals surface area contributed by atoms with E-state index in [0.717, 1.165) is 18.4 Å². The van der Waals surface area contributed by atoms with E-state index in [4.69, 9.17) is 9.47 Å². The lowest BCUT2D eigenvalue weighted by molar-refractivity contribution is -0.136. The van der Waals surface area contributed by atoms with Crippen LogP contribution in [0.2, 0.25) is 0 Å². The minimum absolute atomic E-state index is 0.215. The van der Waals surface area contributed by atoms with Crippen molar-refractivity contribution in [3.8, 4) is 11.5 Å². The van der Waals surface area contributed by atoms with Gasteiger partial charge >= 0.3 is 5.97 Å². The second-order valence-corrected chi connectivity index (χ2v) is 6.28. The number of aliphatic carboxylic acids is 1. The molecule has 3 rings (SSSR count). The Morgan fingerprint density at radius 1 is 1.26 bits per heavy atom. The monoisotopic (exact) mass is 280 g/mol. The average molecular weight is 280 g/mol. The molecule has 1 fully saturated rings. The summed E-state index contributed by atoms with van der Waals surface area (Å²) in [6.45, 7) is 0.215. The van der Waals surface area contributed by atoms with E-state index in [1.165, 1.54) is 12.8 Å². The van der Waals surface area contributed by atoms with E-state index in [1.807, 2.05) is 6.07 Å². The molecule has 102 valence electrons. The van der Waals surface area contributed by atoms with E-state index in [-0.39, 0.29) is 6.79 Å². The Bertz CT molecular complexity index is 482. The number of fused-ring (bicyclic) bond motifs is 1. The van der Waals surface area contributed by atoms with Crippen LogP contribution in [-0.4, -0.2) is 23.1 Å². The van der Waals surface area contributed by atoms with Crippen molar-refractivity contribution in [2.45, 2.75) is 36.2 Å². The predicted molar refractivity (Wildman–Crippen MR) is 72.8 cm³/mol. The predicted octanol–water partition coefficient (Wildman–Crippen LogP) is 3.22. The zero-order valence-corrected chi connectivity index (χ0v) is 11.3. The van der Waals surface area contributed by atoms with Crippen LogP contribution >= 0.6 is 11.8 Å². The summed E-state index contributed by atoms with van der Waals surface area (Å²) in [5.41, 5.74) is 0.786. The van der Waals surface area contributed by atoms with Gasteiger partial charge in [-0.25, -0.2) is 0 Å². The van der Waals surface area contributed by atoms with Crippen LogP contribution in [0.15, 0.2) is 18.2 Å². The van der Waals surface area contributed by atoms with Crippen LogP contribution in [0.3, 0.4) is 0 Å². The fraction of sp³-hybridized carbons (Fsp3) is 0.500. The van der Waals surface area contributed by atoms with Crippen molar-refractivity contribution in [1.29, 1.82) is 0 Å². The van der Waals surface area contributed by atoms with Crippen LogP contribution in [0.4, 0.5) is 0 Å². The second-order valence-electron chi connectivity index (χ2n) is 4.87. The fourth-order valence-corrected chi connectivity index (χ4v) is 3.98. The topological polar surface area (TPSA) is 55.8 Å². The van der Waals surface area contributed by atoms with Crippen LogP contribution in [0.25, 0.3) is 0 Å². The Morgan fingerprint density at radius 2 is 2.00 bits per heavy atom. The first-order valence-electron chi connectivity index (χ1n) is 6.52. The Labute approximate surface area is 116 Å². The third kappa shape index (κ3) is 2.66. The van der Waals surface area contributed by atoms with E-state index >= 15 is 0 Å². The number of thioether (sulfide) groups is 1. The van der Waals surface area contributed by atoms with Crippen LogP contribution in [0.1, 0.15) is 36.5 Å². The summed E-state index contributed by atoms with van der Waals surface area (Å²) < 4.78 is 10.6. The van der Waals surface area contributed by atoms with E-state index < -0.39 is 11.2 Å². The second kappa shape index (κ2) is 5.33. The zero-order chi connectivity index (χ0) is 13.2. The molecule has 1 atom stereocenters. The molecule has 5 heteroatoms. The van der Waals surface area contributed by atoms with Crippen molar-refractivity contribution in [3.63, 3.8) is 0 Å². The molecule has 2 aliphatic rings. The van der Waals surface area contributed by atoms with Crippen molar-refractivity contribution >= 4 is 17.7 Å². The van der Waals surface area contributed by atoms with E-state index in [1.54, 1.807) is 23.9 Å². The first-order chi connectivity index (χ1) is 9.24. The Balaban J connectivity index is 1.81. The smallest absolute Gasteiger partial charge is 0.321 e. The molecule has 0 unspecified atom stereocenters. The van der Waals surface area contributed by atoms with Gasteiger partial charge in [-0.05, 0) is 30.5 Å². The normalized spacial score (nSPS) is 19.6. The highest BCUT2D eigenvalue weighted by molar-refractivity contribution is 8.00. The molecule has 4 nitrogen and oxygen atoms in total. The molecule has 0 saturated heterocycles. The van der Waals surface area contributed by atoms with Gasteiger partial charge in [0.2, 0.25) is 6.79 Å². The molecule has 19 heavy (non-hydrogen) atoms. The SMILES string of the molecule is O=C(O)[C@@H](SC1CCCC1)c1ccc2c(c1)OCO2. The zero-order valence-electron chi connectivity index (χ0n) is 10.5. The van der Waals surface area contributed by atoms with Gasteiger partial charge in [0.15, 0.2) is 11.5 Å². The molecule has 1 aliphatic carbocycles. The molecule has 1 aliphatic heterocycles. The highest BCUT2D eigenvalue weighted by atomic mass is 32.2. The average Bonchev–Trinajstić information content (AvgIpc) is 3.05. The van der Waals surface area contributed by atoms with Gasteiger partial charge in [-0.3, -0.25) is 4.79 Å². The first kappa shape index (κ1) is 12.7. The summed E-state index contributed by atoms with van der Waals surface area (Å²) in [5.74, 6) is 0.560. The van der Waals surface area contributed by atoms with Gasteiger partial charge in [0.05, 0.1) is 0 Å². The number of carboxylic acids is 1. The number of carboxylic acid groups (broad SMARTS) is 1. The maximum atomic E-state index is 11.5. The third-order valence-electron chi connectivity index (χ3n) is 3.55. The molecule has 1 saturated carbocycles. The van der Waals surface area contributed by atoms with Gasteiger partial charge in [-0.15, -0.1) is 11.8 Å². The highest BCUT2D eigenvalue weighted by Crippen LogP contribution is 2.42. The van der Waals surface area contributed by atoms with Crippen molar-refractivity contribution in [2.24, 2.45) is 0 Å². The Morgan fingerprint density at radius 3 is 2.74 bits per heavy atom. The van der Waals surface area contributed by atoms with Crippen LogP contribution in [0, 0.1) is 0 Å². The number of rotatable bonds is 4. The molecule has 1 aromatic carbocycles. The lowest BCUT2D eigenvalue weighted by atomic mass is 10.1. The van der Waals surface area contributed by atoms with Gasteiger partial charge < -0.3 is 14.6 Å². The number of benzene rings is 1. The standard InChI is InChI=1S/C14H16O4S/c15-14(16)13(19-10-3-1-2-4-10)9-5-6-11-12(7-9)18-8-17-11/h5-7,10,13H,1-4,8H2,(H,15,16)/t13-/m0/s1. The minimum Gasteiger partial charge on any atom is -0.480 e. The summed E-state index contributed by atoms with van der Waals surface area (Å²) in [6.07, 6.45) is 4.67. The molecular weight excluding hydrogens is 264 g/mol. The van der Waals surface area contributed by atoms with Gasteiger partial charge in [-0.2, -0.15) is 0 Å². The number of ether oxygens (including phenoxy) is 2. The summed E-state index contributed by atoms with van der Waals surface area (Å²) in [7, 11) is 0. The summed E-state index contributed by atoms with van der Waals surface area (Å²) in [5, 5.41) is 9.39. The molecule has 0 radical (unpaired) electrons. The lowest BCUT2D eigenvalue weighted by Crippen LogP contribution is -2.11. The van der Waals surface area contributed by atoms with E-state index in [2.05, 4.69) is 0 Å². The van der Waals surface area contributed by atoms with Gasteiger partial charge in [0.25, 0.3) is 0 Å². The molecular formula is C14H16O4S. The van der Waals surface area contributed by atoms with Crippen LogP contribution < -0.4 is 9.47 Å². The highest BCUT2D eigenvalue weighted by Gasteiger charge is 2.28. The van der Waals surface area contributed by atoms with Crippen molar-refractivity contribution < 1.29 is 19.4 Å². The van der Waals surface area contributed by atoms with E-state index in [9.17, 15) is 9.90 Å². The Kier molecular flexibility index (Phi) is 3.55. The molecule has 0 aromatic heterocycles. The number of carbonyl (C=O) groups is 1. The van der Waals surface area contributed by atoms with Gasteiger partial charge in [0, 0.05) is 5.25 Å². The third-order valence-corrected chi connectivity index (χ3v) is 5.16. The fourth-order valence-electron chi connectivity index (χ4n) is 2.57. The molecule has 1 aromatic rings. The van der Waals surface area contributed by atoms with Crippen molar-refractivity contribution in [1.82, 2.24) is 0 Å². The van der Waals surface area contributed by atoms with Crippen molar-refractivity contribution in [3.05, 3.63) is 23.8 Å². The van der Waals surface area contributed by atoms with Gasteiger partial charge in [0.1, 0.15) is 5.25 Å². The number of hydrogen-bond acceptors (Lipinski definition) is 4. The van der Waals surface area contributed by atoms with E-state index in [0.29, 0.717) is 16.7 Å². The molecule has 0 bridgehead atoms. The maximum Gasteiger partial charge on any atom is 0.321 e. The van der Waals surface area contributed by atoms with Crippen molar-refractivity contribution in [2.75, 3.05) is 6.79 Å². The molecule has 0 spiro atoms. The number of hydrogen-bond donors (Lipinski definition) is 1. The van der Waals surface area contributed by atoms with Gasteiger partial charge in [-0.1, -0.05) is 18.9 Å². The summed E-state index contributed by atoms with van der Waals surface area (Å²) >= 11 is 1.56. The maximum absolute atomic E-state index is 11.5. The summed E-state index contributed by atoms with van der Waals surface area (Å²) in [6, 6.07) is 5.42.